The van der Waals surface area contributed by atoms with Crippen molar-refractivity contribution in [3.63, 3.8) is 0 Å². The zero-order valence-corrected chi connectivity index (χ0v) is 14.6. The van der Waals surface area contributed by atoms with E-state index in [1.807, 2.05) is 6.26 Å². The van der Waals surface area contributed by atoms with Gasteiger partial charge in [0.15, 0.2) is 11.8 Å². The number of rotatable bonds is 6. The van der Waals surface area contributed by atoms with Crippen molar-refractivity contribution in [3.05, 3.63) is 47.2 Å². The lowest BCUT2D eigenvalue weighted by Gasteiger charge is -2.10. The van der Waals surface area contributed by atoms with Crippen molar-refractivity contribution in [1.82, 2.24) is 4.98 Å². The van der Waals surface area contributed by atoms with E-state index in [1.54, 1.807) is 30.3 Å². The Kier molecular flexibility index (Phi) is 6.45. The number of carbonyl (C=O) groups is 2. The van der Waals surface area contributed by atoms with Crippen LogP contribution in [0.5, 0.6) is 5.75 Å². The van der Waals surface area contributed by atoms with Gasteiger partial charge in [0.2, 0.25) is 0 Å². The van der Waals surface area contributed by atoms with Crippen LogP contribution >= 0.6 is 23.4 Å². The third-order valence-corrected chi connectivity index (χ3v) is 4.02. The SMILES string of the molecule is COc1cc(SC)ccc1C(=O)OCC(=O)Nc1cccnc1Cl. The monoisotopic (exact) mass is 366 g/mol. The highest BCUT2D eigenvalue weighted by molar-refractivity contribution is 7.98. The maximum absolute atomic E-state index is 12.1. The molecule has 0 bridgehead atoms. The molecule has 0 spiro atoms. The van der Waals surface area contributed by atoms with Gasteiger partial charge in [-0.05, 0) is 36.6 Å². The molecule has 1 amide bonds. The van der Waals surface area contributed by atoms with Crippen molar-refractivity contribution in [2.24, 2.45) is 0 Å². The second-order valence-corrected chi connectivity index (χ2v) is 5.77. The van der Waals surface area contributed by atoms with Crippen molar-refractivity contribution in [1.29, 1.82) is 0 Å². The molecule has 0 atom stereocenters. The number of aromatic nitrogens is 1. The van der Waals surface area contributed by atoms with Crippen molar-refractivity contribution >= 4 is 40.9 Å². The number of amides is 1. The number of pyridine rings is 1. The van der Waals surface area contributed by atoms with Gasteiger partial charge in [0.1, 0.15) is 11.3 Å². The number of carbonyl (C=O) groups excluding carboxylic acids is 2. The fourth-order valence-corrected chi connectivity index (χ4v) is 2.44. The Morgan fingerprint density at radius 1 is 1.33 bits per heavy atom. The van der Waals surface area contributed by atoms with Gasteiger partial charge in [0.25, 0.3) is 5.91 Å². The van der Waals surface area contributed by atoms with E-state index in [-0.39, 0.29) is 10.7 Å². The molecule has 0 saturated carbocycles. The Balaban J connectivity index is 1.98. The number of esters is 1. The molecule has 2 rings (SSSR count). The first-order chi connectivity index (χ1) is 11.5. The number of halogens is 1. The fourth-order valence-electron chi connectivity index (χ4n) is 1.84. The third kappa shape index (κ3) is 4.62. The lowest BCUT2D eigenvalue weighted by molar-refractivity contribution is -0.119. The largest absolute Gasteiger partial charge is 0.496 e. The van der Waals surface area contributed by atoms with Crippen LogP contribution in [0.2, 0.25) is 5.15 Å². The Hall–Kier alpha value is -2.25. The summed E-state index contributed by atoms with van der Waals surface area (Å²) < 4.78 is 10.2. The van der Waals surface area contributed by atoms with Crippen LogP contribution < -0.4 is 10.1 Å². The molecule has 2 aromatic rings. The van der Waals surface area contributed by atoms with Crippen LogP contribution in [0.15, 0.2) is 41.4 Å². The van der Waals surface area contributed by atoms with Gasteiger partial charge in [-0.1, -0.05) is 11.6 Å². The Bertz CT molecular complexity index is 755. The molecule has 0 fully saturated rings. The molecule has 24 heavy (non-hydrogen) atoms. The van der Waals surface area contributed by atoms with Gasteiger partial charge in [-0.25, -0.2) is 9.78 Å². The first kappa shape index (κ1) is 18.1. The lowest BCUT2D eigenvalue weighted by Crippen LogP contribution is -2.21. The highest BCUT2D eigenvalue weighted by Gasteiger charge is 2.16. The summed E-state index contributed by atoms with van der Waals surface area (Å²) in [7, 11) is 1.47. The summed E-state index contributed by atoms with van der Waals surface area (Å²) in [4.78, 5) is 28.8. The zero-order valence-electron chi connectivity index (χ0n) is 13.0. The van der Waals surface area contributed by atoms with E-state index in [9.17, 15) is 9.59 Å². The number of anilines is 1. The van der Waals surface area contributed by atoms with Crippen molar-refractivity contribution in [2.45, 2.75) is 4.90 Å². The predicted octanol–water partition coefficient (Wildman–Crippen LogP) is 3.26. The highest BCUT2D eigenvalue weighted by atomic mass is 35.5. The summed E-state index contributed by atoms with van der Waals surface area (Å²) >= 11 is 7.37. The molecule has 126 valence electrons. The molecule has 0 aliphatic rings. The second-order valence-electron chi connectivity index (χ2n) is 4.53. The topological polar surface area (TPSA) is 77.5 Å². The van der Waals surface area contributed by atoms with Gasteiger partial charge in [-0.3, -0.25) is 4.79 Å². The molecule has 0 aliphatic carbocycles. The summed E-state index contributed by atoms with van der Waals surface area (Å²) in [5.74, 6) is -0.771. The summed E-state index contributed by atoms with van der Waals surface area (Å²) in [6.45, 7) is -0.447. The predicted molar refractivity (Wildman–Crippen MR) is 92.9 cm³/mol. The van der Waals surface area contributed by atoms with E-state index >= 15 is 0 Å². The summed E-state index contributed by atoms with van der Waals surface area (Å²) in [5.41, 5.74) is 0.602. The molecule has 1 aromatic heterocycles. The Labute approximate surface area is 148 Å². The van der Waals surface area contributed by atoms with E-state index in [4.69, 9.17) is 21.1 Å². The first-order valence-electron chi connectivity index (χ1n) is 6.84. The maximum Gasteiger partial charge on any atom is 0.342 e. The minimum atomic E-state index is -0.646. The number of hydrogen-bond acceptors (Lipinski definition) is 6. The number of nitrogens with one attached hydrogen (secondary N) is 1. The number of thioether (sulfide) groups is 1. The van der Waals surface area contributed by atoms with Crippen LogP contribution in [0.25, 0.3) is 0 Å². The van der Waals surface area contributed by atoms with Crippen LogP contribution in [0, 0.1) is 0 Å². The molecular formula is C16H15ClN2O4S. The molecule has 0 aliphatic heterocycles. The van der Waals surface area contributed by atoms with E-state index in [2.05, 4.69) is 10.3 Å². The van der Waals surface area contributed by atoms with E-state index in [0.29, 0.717) is 11.4 Å². The molecule has 1 aromatic carbocycles. The molecule has 0 radical (unpaired) electrons. The third-order valence-electron chi connectivity index (χ3n) is 3.00. The molecule has 1 heterocycles. The Morgan fingerprint density at radius 2 is 2.12 bits per heavy atom. The van der Waals surface area contributed by atoms with Gasteiger partial charge in [0.05, 0.1) is 12.8 Å². The van der Waals surface area contributed by atoms with Crippen LogP contribution in [0.3, 0.4) is 0 Å². The molecule has 0 saturated heterocycles. The number of benzene rings is 1. The van der Waals surface area contributed by atoms with Gasteiger partial charge in [-0.15, -0.1) is 11.8 Å². The molecule has 8 heteroatoms. The van der Waals surface area contributed by atoms with E-state index in [1.165, 1.54) is 25.1 Å². The standard InChI is InChI=1S/C16H15ClN2O4S/c1-22-13-8-10(24-2)5-6-11(13)16(21)23-9-14(20)19-12-4-3-7-18-15(12)17/h3-8H,9H2,1-2H3,(H,19,20). The fraction of sp³-hybridized carbons (Fsp3) is 0.188. The van der Waals surface area contributed by atoms with Crippen LogP contribution in [-0.4, -0.2) is 36.8 Å². The number of hydrogen-bond donors (Lipinski definition) is 1. The van der Waals surface area contributed by atoms with Crippen LogP contribution in [0.4, 0.5) is 5.69 Å². The van der Waals surface area contributed by atoms with E-state index < -0.39 is 18.5 Å². The van der Waals surface area contributed by atoms with Crippen molar-refractivity contribution in [2.75, 3.05) is 25.3 Å². The molecular weight excluding hydrogens is 352 g/mol. The molecule has 1 N–H and O–H groups in total. The molecule has 0 unspecified atom stereocenters. The molecule has 6 nitrogen and oxygen atoms in total. The smallest absolute Gasteiger partial charge is 0.342 e. The number of ether oxygens (including phenoxy) is 2. The van der Waals surface area contributed by atoms with Gasteiger partial charge in [-0.2, -0.15) is 0 Å². The van der Waals surface area contributed by atoms with Gasteiger partial charge in [0, 0.05) is 11.1 Å². The minimum Gasteiger partial charge on any atom is -0.496 e. The summed E-state index contributed by atoms with van der Waals surface area (Å²) in [6.07, 6.45) is 3.42. The number of methoxy groups -OCH3 is 1. The minimum absolute atomic E-state index is 0.159. The highest BCUT2D eigenvalue weighted by Crippen LogP contribution is 2.26. The zero-order chi connectivity index (χ0) is 17.5. The van der Waals surface area contributed by atoms with E-state index in [0.717, 1.165) is 4.90 Å². The quantitative estimate of drug-likeness (QED) is 0.480. The van der Waals surface area contributed by atoms with Crippen molar-refractivity contribution < 1.29 is 19.1 Å². The average molecular weight is 367 g/mol. The van der Waals surface area contributed by atoms with Crippen molar-refractivity contribution in [3.8, 4) is 5.75 Å². The lowest BCUT2D eigenvalue weighted by atomic mass is 10.2. The van der Waals surface area contributed by atoms with Crippen LogP contribution in [0.1, 0.15) is 10.4 Å². The average Bonchev–Trinajstić information content (AvgIpc) is 2.61. The Morgan fingerprint density at radius 3 is 2.79 bits per heavy atom. The van der Waals surface area contributed by atoms with Gasteiger partial charge < -0.3 is 14.8 Å². The maximum atomic E-state index is 12.1. The second kappa shape index (κ2) is 8.56. The van der Waals surface area contributed by atoms with Gasteiger partial charge >= 0.3 is 5.97 Å². The number of nitrogens with zero attached hydrogens (tertiary/aromatic N) is 1. The first-order valence-corrected chi connectivity index (χ1v) is 8.45. The van der Waals surface area contributed by atoms with Crippen LogP contribution in [-0.2, 0) is 9.53 Å². The normalized spacial score (nSPS) is 10.1. The summed E-state index contributed by atoms with van der Waals surface area (Å²) in [6, 6.07) is 8.34. The summed E-state index contributed by atoms with van der Waals surface area (Å²) in [5, 5.41) is 2.68.